The van der Waals surface area contributed by atoms with Gasteiger partial charge in [0, 0.05) is 30.9 Å². The van der Waals surface area contributed by atoms with Crippen molar-refractivity contribution in [3.63, 3.8) is 0 Å². The average molecular weight is 290 g/mol. The van der Waals surface area contributed by atoms with Gasteiger partial charge < -0.3 is 19.6 Å². The number of phenolic OH excluding ortho intramolecular Hbond substituents is 1. The monoisotopic (exact) mass is 290 g/mol. The van der Waals surface area contributed by atoms with Crippen molar-refractivity contribution < 1.29 is 14.6 Å². The first kappa shape index (κ1) is 14.0. The van der Waals surface area contributed by atoms with Gasteiger partial charge in [0.1, 0.15) is 11.4 Å². The van der Waals surface area contributed by atoms with Crippen molar-refractivity contribution in [2.45, 2.75) is 44.9 Å². The van der Waals surface area contributed by atoms with Crippen LogP contribution in [0.15, 0.2) is 24.3 Å². The number of carbonyl (C=O) groups excluding carboxylic acids is 1. The molecular weight excluding hydrogens is 268 g/mol. The topological polar surface area (TPSA) is 53.0 Å². The fourth-order valence-corrected chi connectivity index (χ4v) is 3.20. The van der Waals surface area contributed by atoms with Crippen molar-refractivity contribution in [3.05, 3.63) is 24.3 Å². The zero-order valence-corrected chi connectivity index (χ0v) is 12.7. The van der Waals surface area contributed by atoms with E-state index in [1.54, 1.807) is 12.1 Å². The minimum Gasteiger partial charge on any atom is -0.508 e. The first-order valence-electron chi connectivity index (χ1n) is 7.39. The molecular formula is C16H22N2O3. The summed E-state index contributed by atoms with van der Waals surface area (Å²) in [7, 11) is 0. The van der Waals surface area contributed by atoms with Crippen molar-refractivity contribution in [1.29, 1.82) is 0 Å². The number of aromatic hydroxyl groups is 1. The Bertz CT molecular complexity index is 553. The van der Waals surface area contributed by atoms with Crippen LogP contribution >= 0.6 is 0 Å². The molecule has 0 aromatic heterocycles. The SMILES string of the molecule is CC(C)(C)OC(=O)N1CC2CC1CN2c1cccc(O)c1. The standard InChI is InChI=1S/C16H22N2O3/c1-16(2,3)21-15(20)18-10-12-7-13(18)9-17(12)11-5-4-6-14(19)8-11/h4-6,8,12-13,19H,7,9-10H2,1-3H3. The molecule has 1 amide bonds. The molecule has 2 aliphatic rings. The molecule has 2 atom stereocenters. The van der Waals surface area contributed by atoms with E-state index in [1.807, 2.05) is 37.8 Å². The highest BCUT2D eigenvalue weighted by molar-refractivity contribution is 5.70. The average Bonchev–Trinajstić information content (AvgIpc) is 2.96. The van der Waals surface area contributed by atoms with Crippen LogP contribution in [0, 0.1) is 0 Å². The van der Waals surface area contributed by atoms with Gasteiger partial charge in [-0.1, -0.05) is 6.07 Å². The molecule has 0 spiro atoms. The molecule has 1 N–H and O–H groups in total. The molecule has 1 aromatic rings. The number of nitrogens with zero attached hydrogens (tertiary/aromatic N) is 2. The lowest BCUT2D eigenvalue weighted by molar-refractivity contribution is 0.0214. The smallest absolute Gasteiger partial charge is 0.410 e. The molecule has 5 heteroatoms. The van der Waals surface area contributed by atoms with Crippen LogP contribution in [0.3, 0.4) is 0 Å². The van der Waals surface area contributed by atoms with Gasteiger partial charge in [-0.25, -0.2) is 4.79 Å². The Hall–Kier alpha value is -1.91. The van der Waals surface area contributed by atoms with E-state index in [2.05, 4.69) is 4.90 Å². The third-order valence-electron chi connectivity index (χ3n) is 4.03. The van der Waals surface area contributed by atoms with E-state index in [1.165, 1.54) is 0 Å². The number of piperazine rings is 1. The third kappa shape index (κ3) is 2.77. The van der Waals surface area contributed by atoms with Crippen molar-refractivity contribution in [1.82, 2.24) is 4.90 Å². The van der Waals surface area contributed by atoms with Crippen LogP contribution in [0.25, 0.3) is 0 Å². The predicted molar refractivity (Wildman–Crippen MR) is 80.6 cm³/mol. The maximum atomic E-state index is 12.2. The maximum Gasteiger partial charge on any atom is 0.410 e. The normalized spacial score (nSPS) is 24.5. The number of ether oxygens (including phenoxy) is 1. The number of hydrogen-bond acceptors (Lipinski definition) is 4. The van der Waals surface area contributed by atoms with Crippen LogP contribution in [0.5, 0.6) is 5.75 Å². The first-order valence-corrected chi connectivity index (χ1v) is 7.39. The largest absolute Gasteiger partial charge is 0.508 e. The Balaban J connectivity index is 1.68. The fourth-order valence-electron chi connectivity index (χ4n) is 3.20. The zero-order valence-electron chi connectivity index (χ0n) is 12.7. The molecule has 21 heavy (non-hydrogen) atoms. The van der Waals surface area contributed by atoms with E-state index in [4.69, 9.17) is 4.74 Å². The fraction of sp³-hybridized carbons (Fsp3) is 0.562. The number of likely N-dealkylation sites (tertiary alicyclic amines) is 1. The number of anilines is 1. The van der Waals surface area contributed by atoms with Gasteiger partial charge in [0.25, 0.3) is 0 Å². The van der Waals surface area contributed by atoms with Crippen LogP contribution in [0.2, 0.25) is 0 Å². The van der Waals surface area contributed by atoms with Gasteiger partial charge in [-0.2, -0.15) is 0 Å². The lowest BCUT2D eigenvalue weighted by Gasteiger charge is -2.36. The van der Waals surface area contributed by atoms with Crippen LogP contribution < -0.4 is 4.90 Å². The summed E-state index contributed by atoms with van der Waals surface area (Å²) >= 11 is 0. The molecule has 5 nitrogen and oxygen atoms in total. The molecule has 2 aliphatic heterocycles. The number of carbonyl (C=O) groups is 1. The lowest BCUT2D eigenvalue weighted by atomic mass is 10.2. The molecule has 2 unspecified atom stereocenters. The van der Waals surface area contributed by atoms with Crippen molar-refractivity contribution in [2.24, 2.45) is 0 Å². The van der Waals surface area contributed by atoms with E-state index >= 15 is 0 Å². The molecule has 0 saturated carbocycles. The Morgan fingerprint density at radius 2 is 2.05 bits per heavy atom. The van der Waals surface area contributed by atoms with Gasteiger partial charge >= 0.3 is 6.09 Å². The summed E-state index contributed by atoms with van der Waals surface area (Å²) in [6.07, 6.45) is 0.750. The van der Waals surface area contributed by atoms with Gasteiger partial charge in [0.05, 0.1) is 6.04 Å². The Morgan fingerprint density at radius 1 is 1.29 bits per heavy atom. The van der Waals surface area contributed by atoms with E-state index < -0.39 is 5.60 Å². The third-order valence-corrected chi connectivity index (χ3v) is 4.03. The maximum absolute atomic E-state index is 12.2. The van der Waals surface area contributed by atoms with Gasteiger partial charge in [-0.05, 0) is 39.3 Å². The molecule has 2 saturated heterocycles. The number of hydrogen-bond donors (Lipinski definition) is 1. The summed E-state index contributed by atoms with van der Waals surface area (Å²) in [5, 5.41) is 9.60. The second-order valence-corrected chi connectivity index (χ2v) is 6.85. The minimum atomic E-state index is -0.455. The van der Waals surface area contributed by atoms with E-state index in [9.17, 15) is 9.90 Å². The molecule has 2 fully saturated rings. The minimum absolute atomic E-state index is 0.201. The first-order chi connectivity index (χ1) is 9.83. The Kier molecular flexibility index (Phi) is 3.23. The molecule has 1 aromatic carbocycles. The molecule has 3 rings (SSSR count). The summed E-state index contributed by atoms with van der Waals surface area (Å²) in [6, 6.07) is 7.81. The van der Waals surface area contributed by atoms with Crippen LogP contribution in [0.1, 0.15) is 27.2 Å². The van der Waals surface area contributed by atoms with E-state index in [-0.39, 0.29) is 17.9 Å². The highest BCUT2D eigenvalue weighted by Gasteiger charge is 2.46. The Labute approximate surface area is 125 Å². The summed E-state index contributed by atoms with van der Waals surface area (Å²) in [5.41, 5.74) is 0.565. The quantitative estimate of drug-likeness (QED) is 0.863. The zero-order chi connectivity index (χ0) is 15.2. The second kappa shape index (κ2) is 4.83. The number of amides is 1. The van der Waals surface area contributed by atoms with E-state index in [0.29, 0.717) is 12.6 Å². The summed E-state index contributed by atoms with van der Waals surface area (Å²) in [4.78, 5) is 16.3. The second-order valence-electron chi connectivity index (χ2n) is 6.85. The lowest BCUT2D eigenvalue weighted by Crippen LogP contribution is -2.50. The van der Waals surface area contributed by atoms with Gasteiger partial charge in [-0.15, -0.1) is 0 Å². The molecule has 0 radical (unpaired) electrons. The van der Waals surface area contributed by atoms with Crippen LogP contribution in [-0.4, -0.2) is 46.9 Å². The highest BCUT2D eigenvalue weighted by atomic mass is 16.6. The number of fused-ring (bicyclic) bond motifs is 2. The summed E-state index contributed by atoms with van der Waals surface area (Å²) < 4.78 is 5.46. The summed E-state index contributed by atoms with van der Waals surface area (Å²) in [6.45, 7) is 7.15. The number of benzene rings is 1. The van der Waals surface area contributed by atoms with Crippen molar-refractivity contribution >= 4 is 11.8 Å². The molecule has 0 aliphatic carbocycles. The molecule has 2 heterocycles. The number of phenols is 1. The predicted octanol–water partition coefficient (Wildman–Crippen LogP) is 2.59. The Morgan fingerprint density at radius 3 is 2.62 bits per heavy atom. The van der Waals surface area contributed by atoms with Gasteiger partial charge in [0.2, 0.25) is 0 Å². The van der Waals surface area contributed by atoms with Gasteiger partial charge in [-0.3, -0.25) is 0 Å². The van der Waals surface area contributed by atoms with Crippen LogP contribution in [-0.2, 0) is 4.74 Å². The van der Waals surface area contributed by atoms with Crippen LogP contribution in [0.4, 0.5) is 10.5 Å². The number of rotatable bonds is 1. The van der Waals surface area contributed by atoms with Gasteiger partial charge in [0.15, 0.2) is 0 Å². The molecule has 114 valence electrons. The van der Waals surface area contributed by atoms with Crippen molar-refractivity contribution in [3.8, 4) is 5.75 Å². The van der Waals surface area contributed by atoms with Crippen molar-refractivity contribution in [2.75, 3.05) is 18.0 Å². The highest BCUT2D eigenvalue weighted by Crippen LogP contribution is 2.36. The van der Waals surface area contributed by atoms with E-state index in [0.717, 1.165) is 18.7 Å². The summed E-state index contributed by atoms with van der Waals surface area (Å²) in [5.74, 6) is 0.277. The molecule has 2 bridgehead atoms.